The number of rotatable bonds is 2. The van der Waals surface area contributed by atoms with Gasteiger partial charge >= 0.3 is 0 Å². The van der Waals surface area contributed by atoms with Crippen LogP contribution in [0.3, 0.4) is 0 Å². The number of fused-ring (bicyclic) bond motifs is 1. The number of nitrogen functional groups attached to an aromatic ring is 1. The van der Waals surface area contributed by atoms with E-state index in [0.29, 0.717) is 25.3 Å². The topological polar surface area (TPSA) is 68.5 Å². The average Bonchev–Trinajstić information content (AvgIpc) is 2.49. The van der Waals surface area contributed by atoms with Crippen molar-refractivity contribution in [3.05, 3.63) is 24.0 Å². The van der Waals surface area contributed by atoms with Crippen LogP contribution >= 0.6 is 0 Å². The molecule has 1 saturated heterocycles. The van der Waals surface area contributed by atoms with E-state index in [9.17, 15) is 4.79 Å². The molecule has 0 spiro atoms. The Bertz CT molecular complexity index is 473. The molecule has 1 aromatic rings. The monoisotopic (exact) mass is 275 g/mol. The summed E-state index contributed by atoms with van der Waals surface area (Å²) in [6, 6.07) is 3.88. The number of carbonyl (C=O) groups is 1. The Morgan fingerprint density at radius 3 is 3.05 bits per heavy atom. The Balaban J connectivity index is 1.67. The van der Waals surface area contributed by atoms with E-state index in [1.54, 1.807) is 12.3 Å². The summed E-state index contributed by atoms with van der Waals surface area (Å²) in [5, 5.41) is 0. The first-order valence-electron chi connectivity index (χ1n) is 7.35. The number of hydrogen-bond acceptors (Lipinski definition) is 4. The first-order chi connectivity index (χ1) is 9.74. The van der Waals surface area contributed by atoms with Gasteiger partial charge in [-0.15, -0.1) is 0 Å². The largest absolute Gasteiger partial charge is 0.397 e. The van der Waals surface area contributed by atoms with E-state index in [-0.39, 0.29) is 18.1 Å². The van der Waals surface area contributed by atoms with Crippen LogP contribution < -0.4 is 5.73 Å². The molecule has 2 aliphatic rings. The maximum Gasteiger partial charge on any atom is 0.229 e. The number of amides is 1. The molecule has 2 fully saturated rings. The van der Waals surface area contributed by atoms with Crippen molar-refractivity contribution in [3.8, 4) is 0 Å². The van der Waals surface area contributed by atoms with Gasteiger partial charge in [-0.05, 0) is 25.0 Å². The first-order valence-corrected chi connectivity index (χ1v) is 7.35. The highest BCUT2D eigenvalue weighted by Crippen LogP contribution is 2.28. The zero-order valence-corrected chi connectivity index (χ0v) is 11.6. The average molecular weight is 275 g/mol. The zero-order chi connectivity index (χ0) is 13.9. The van der Waals surface area contributed by atoms with Crippen LogP contribution in [0.15, 0.2) is 18.3 Å². The van der Waals surface area contributed by atoms with Crippen molar-refractivity contribution in [1.82, 2.24) is 9.88 Å². The quantitative estimate of drug-likeness (QED) is 0.885. The molecule has 1 aromatic heterocycles. The Morgan fingerprint density at radius 1 is 1.40 bits per heavy atom. The van der Waals surface area contributed by atoms with Crippen molar-refractivity contribution in [2.45, 2.75) is 44.2 Å². The fourth-order valence-electron chi connectivity index (χ4n) is 3.20. The maximum atomic E-state index is 12.5. The molecule has 5 nitrogen and oxygen atoms in total. The van der Waals surface area contributed by atoms with Crippen molar-refractivity contribution in [1.29, 1.82) is 0 Å². The lowest BCUT2D eigenvalue weighted by atomic mass is 9.90. The van der Waals surface area contributed by atoms with Crippen molar-refractivity contribution in [2.75, 3.05) is 18.9 Å². The maximum absolute atomic E-state index is 12.5. The molecule has 0 radical (unpaired) electrons. The summed E-state index contributed by atoms with van der Waals surface area (Å²) >= 11 is 0. The Kier molecular flexibility index (Phi) is 3.87. The Labute approximate surface area is 119 Å². The SMILES string of the molecule is Nc1ccc(CC(=O)N2CCOC3CCCCC32)nc1. The van der Waals surface area contributed by atoms with Gasteiger partial charge in [-0.25, -0.2) is 0 Å². The molecule has 1 amide bonds. The number of hydrogen-bond donors (Lipinski definition) is 1. The van der Waals surface area contributed by atoms with E-state index < -0.39 is 0 Å². The van der Waals surface area contributed by atoms with Gasteiger partial charge in [-0.2, -0.15) is 0 Å². The third-order valence-electron chi connectivity index (χ3n) is 4.23. The fourth-order valence-corrected chi connectivity index (χ4v) is 3.20. The van der Waals surface area contributed by atoms with Crippen molar-refractivity contribution >= 4 is 11.6 Å². The minimum Gasteiger partial charge on any atom is -0.397 e. The molecule has 2 unspecified atom stereocenters. The molecule has 2 heterocycles. The van der Waals surface area contributed by atoms with E-state index in [4.69, 9.17) is 10.5 Å². The second kappa shape index (κ2) is 5.79. The molecular formula is C15H21N3O2. The van der Waals surface area contributed by atoms with Crippen LogP contribution in [0.2, 0.25) is 0 Å². The molecule has 20 heavy (non-hydrogen) atoms. The molecule has 1 saturated carbocycles. The zero-order valence-electron chi connectivity index (χ0n) is 11.6. The number of aromatic nitrogens is 1. The van der Waals surface area contributed by atoms with Gasteiger partial charge in [-0.1, -0.05) is 12.8 Å². The summed E-state index contributed by atoms with van der Waals surface area (Å²) in [6.07, 6.45) is 6.73. The van der Waals surface area contributed by atoms with Gasteiger partial charge in [0, 0.05) is 12.2 Å². The second-order valence-electron chi connectivity index (χ2n) is 5.61. The molecule has 0 bridgehead atoms. The fraction of sp³-hybridized carbons (Fsp3) is 0.600. The standard InChI is InChI=1S/C15H21N3O2/c16-11-5-6-12(17-10-11)9-15(19)18-7-8-20-14-4-2-1-3-13(14)18/h5-6,10,13-14H,1-4,7-9,16H2. The molecule has 1 aliphatic carbocycles. The third kappa shape index (κ3) is 2.77. The second-order valence-corrected chi connectivity index (χ2v) is 5.61. The number of carbonyl (C=O) groups excluding carboxylic acids is 1. The number of nitrogens with zero attached hydrogens (tertiary/aromatic N) is 2. The number of anilines is 1. The number of pyridine rings is 1. The summed E-state index contributed by atoms with van der Waals surface area (Å²) in [6.45, 7) is 1.36. The van der Waals surface area contributed by atoms with Crippen LogP contribution in [0.5, 0.6) is 0 Å². The van der Waals surface area contributed by atoms with Gasteiger partial charge in [-0.3, -0.25) is 9.78 Å². The van der Waals surface area contributed by atoms with Gasteiger partial charge in [0.05, 0.1) is 37.1 Å². The summed E-state index contributed by atoms with van der Waals surface area (Å²) in [4.78, 5) is 18.7. The summed E-state index contributed by atoms with van der Waals surface area (Å²) in [5.41, 5.74) is 7.02. The Morgan fingerprint density at radius 2 is 2.25 bits per heavy atom. The summed E-state index contributed by atoms with van der Waals surface area (Å²) in [7, 11) is 0. The number of nitrogens with two attached hydrogens (primary N) is 1. The Hall–Kier alpha value is -1.62. The van der Waals surface area contributed by atoms with Gasteiger partial charge in [0.15, 0.2) is 0 Å². The van der Waals surface area contributed by atoms with Crippen LogP contribution in [0.4, 0.5) is 5.69 Å². The third-order valence-corrected chi connectivity index (χ3v) is 4.23. The predicted molar refractivity (Wildman–Crippen MR) is 76.1 cm³/mol. The first kappa shape index (κ1) is 13.4. The van der Waals surface area contributed by atoms with E-state index in [0.717, 1.165) is 18.5 Å². The van der Waals surface area contributed by atoms with Gasteiger partial charge in [0.1, 0.15) is 0 Å². The lowest BCUT2D eigenvalue weighted by molar-refractivity contribution is -0.148. The van der Waals surface area contributed by atoms with Crippen LogP contribution in [0.1, 0.15) is 31.4 Å². The highest BCUT2D eigenvalue weighted by atomic mass is 16.5. The molecule has 0 aromatic carbocycles. The summed E-state index contributed by atoms with van der Waals surface area (Å²) in [5.74, 6) is 0.155. The highest BCUT2D eigenvalue weighted by molar-refractivity contribution is 5.79. The van der Waals surface area contributed by atoms with Gasteiger partial charge in [0.2, 0.25) is 5.91 Å². The molecule has 108 valence electrons. The normalized spacial score (nSPS) is 26.1. The van der Waals surface area contributed by atoms with Crippen LogP contribution in [0, 0.1) is 0 Å². The minimum absolute atomic E-state index is 0.155. The molecule has 2 atom stereocenters. The van der Waals surface area contributed by atoms with Gasteiger partial charge in [0.25, 0.3) is 0 Å². The van der Waals surface area contributed by atoms with Crippen molar-refractivity contribution in [2.24, 2.45) is 0 Å². The predicted octanol–water partition coefficient (Wildman–Crippen LogP) is 1.38. The smallest absolute Gasteiger partial charge is 0.229 e. The molecule has 5 heteroatoms. The van der Waals surface area contributed by atoms with Gasteiger partial charge < -0.3 is 15.4 Å². The molecule has 2 N–H and O–H groups in total. The van der Waals surface area contributed by atoms with Crippen molar-refractivity contribution < 1.29 is 9.53 Å². The molecular weight excluding hydrogens is 254 g/mol. The number of ether oxygens (including phenoxy) is 1. The number of morpholine rings is 1. The lowest BCUT2D eigenvalue weighted by Crippen LogP contribution is -2.55. The van der Waals surface area contributed by atoms with E-state index in [1.807, 2.05) is 11.0 Å². The van der Waals surface area contributed by atoms with Crippen LogP contribution in [0.25, 0.3) is 0 Å². The minimum atomic E-state index is 0.155. The lowest BCUT2D eigenvalue weighted by Gasteiger charge is -2.43. The van der Waals surface area contributed by atoms with Crippen LogP contribution in [-0.4, -0.2) is 41.1 Å². The molecule has 1 aliphatic heterocycles. The highest BCUT2D eigenvalue weighted by Gasteiger charge is 2.36. The van der Waals surface area contributed by atoms with Crippen LogP contribution in [-0.2, 0) is 16.0 Å². The molecule has 3 rings (SSSR count). The van der Waals surface area contributed by atoms with E-state index in [1.165, 1.54) is 12.8 Å². The van der Waals surface area contributed by atoms with Crippen molar-refractivity contribution in [3.63, 3.8) is 0 Å². The van der Waals surface area contributed by atoms with E-state index in [2.05, 4.69) is 4.98 Å². The summed E-state index contributed by atoms with van der Waals surface area (Å²) < 4.78 is 5.80. The van der Waals surface area contributed by atoms with E-state index >= 15 is 0 Å².